The highest BCUT2D eigenvalue weighted by atomic mass is 16.5. The van der Waals surface area contributed by atoms with Gasteiger partial charge in [-0.1, -0.05) is 44.2 Å². The van der Waals surface area contributed by atoms with E-state index in [1.807, 2.05) is 0 Å². The zero-order valence-corrected chi connectivity index (χ0v) is 17.1. The van der Waals surface area contributed by atoms with Crippen molar-refractivity contribution in [3.05, 3.63) is 65.2 Å². The molecule has 154 valence electrons. The zero-order chi connectivity index (χ0) is 20.8. The molecule has 1 unspecified atom stereocenters. The second kappa shape index (κ2) is 9.56. The Balaban J connectivity index is 1.52. The van der Waals surface area contributed by atoms with Crippen molar-refractivity contribution in [2.45, 2.75) is 32.9 Å². The number of rotatable bonds is 8. The van der Waals surface area contributed by atoms with Gasteiger partial charge in [0.25, 0.3) is 5.91 Å². The third-order valence-corrected chi connectivity index (χ3v) is 5.40. The first kappa shape index (κ1) is 20.9. The predicted molar refractivity (Wildman–Crippen MR) is 113 cm³/mol. The van der Waals surface area contributed by atoms with Crippen LogP contribution in [0.5, 0.6) is 5.75 Å². The molecule has 0 saturated carbocycles. The maximum absolute atomic E-state index is 12.3. The zero-order valence-electron chi connectivity index (χ0n) is 17.1. The van der Waals surface area contributed by atoms with Gasteiger partial charge in [-0.15, -0.1) is 0 Å². The van der Waals surface area contributed by atoms with E-state index in [4.69, 9.17) is 10.5 Å². The number of primary amides is 1. The Morgan fingerprint density at radius 2 is 1.90 bits per heavy atom. The van der Waals surface area contributed by atoms with Gasteiger partial charge in [-0.25, -0.2) is 0 Å². The number of ether oxygens (including phenoxy) is 1. The molecule has 0 spiro atoms. The molecule has 6 heteroatoms. The van der Waals surface area contributed by atoms with Crippen LogP contribution in [-0.4, -0.2) is 42.5 Å². The van der Waals surface area contributed by atoms with E-state index < -0.39 is 5.91 Å². The van der Waals surface area contributed by atoms with E-state index in [2.05, 4.69) is 48.3 Å². The second-order valence-corrected chi connectivity index (χ2v) is 7.79. The first-order valence-corrected chi connectivity index (χ1v) is 10.0. The molecule has 1 aliphatic heterocycles. The van der Waals surface area contributed by atoms with Crippen LogP contribution in [0.1, 0.15) is 35.3 Å². The number of hydrogen-bond acceptors (Lipinski definition) is 4. The number of nitrogens with zero attached hydrogens (tertiary/aromatic N) is 1. The number of fused-ring (bicyclic) bond motifs is 1. The molecular formula is C23H29N3O3. The van der Waals surface area contributed by atoms with Crippen molar-refractivity contribution in [1.29, 1.82) is 0 Å². The monoisotopic (exact) mass is 395 g/mol. The highest BCUT2D eigenvalue weighted by molar-refractivity contribution is 5.93. The van der Waals surface area contributed by atoms with Crippen molar-refractivity contribution in [3.8, 4) is 5.75 Å². The molecule has 1 heterocycles. The molecule has 0 aliphatic carbocycles. The van der Waals surface area contributed by atoms with Gasteiger partial charge in [0.15, 0.2) is 6.61 Å². The van der Waals surface area contributed by atoms with E-state index in [0.717, 1.165) is 19.5 Å². The number of hydrogen-bond donors (Lipinski definition) is 2. The van der Waals surface area contributed by atoms with E-state index in [-0.39, 0.29) is 18.6 Å². The van der Waals surface area contributed by atoms with Gasteiger partial charge in [-0.05, 0) is 41.7 Å². The number of amides is 2. The number of nitrogens with two attached hydrogens (primary N) is 1. The lowest BCUT2D eigenvalue weighted by Gasteiger charge is -2.38. The molecule has 3 N–H and O–H groups in total. The fraction of sp³-hybridized carbons (Fsp3) is 0.391. The van der Waals surface area contributed by atoms with Crippen LogP contribution in [-0.2, 0) is 17.8 Å². The Bertz CT molecular complexity index is 866. The highest BCUT2D eigenvalue weighted by Crippen LogP contribution is 2.22. The average Bonchev–Trinajstić information content (AvgIpc) is 2.72. The molecule has 0 fully saturated rings. The average molecular weight is 396 g/mol. The summed E-state index contributed by atoms with van der Waals surface area (Å²) in [7, 11) is 0. The van der Waals surface area contributed by atoms with Gasteiger partial charge in [-0.2, -0.15) is 0 Å². The summed E-state index contributed by atoms with van der Waals surface area (Å²) in [4.78, 5) is 26.0. The minimum Gasteiger partial charge on any atom is -0.484 e. The van der Waals surface area contributed by atoms with Gasteiger partial charge in [-0.3, -0.25) is 14.5 Å². The maximum Gasteiger partial charge on any atom is 0.257 e. The van der Waals surface area contributed by atoms with E-state index in [1.165, 1.54) is 17.2 Å². The highest BCUT2D eigenvalue weighted by Gasteiger charge is 2.26. The maximum atomic E-state index is 12.3. The third-order valence-electron chi connectivity index (χ3n) is 5.40. The smallest absolute Gasteiger partial charge is 0.257 e. The molecule has 6 nitrogen and oxygen atoms in total. The van der Waals surface area contributed by atoms with Gasteiger partial charge < -0.3 is 15.8 Å². The van der Waals surface area contributed by atoms with Gasteiger partial charge >= 0.3 is 0 Å². The quantitative estimate of drug-likeness (QED) is 0.719. The van der Waals surface area contributed by atoms with Gasteiger partial charge in [0.2, 0.25) is 5.91 Å². The fourth-order valence-corrected chi connectivity index (χ4v) is 3.74. The molecule has 2 amide bonds. The molecule has 1 atom stereocenters. The van der Waals surface area contributed by atoms with Crippen LogP contribution in [0.2, 0.25) is 0 Å². The summed E-state index contributed by atoms with van der Waals surface area (Å²) in [6.45, 7) is 6.74. The summed E-state index contributed by atoms with van der Waals surface area (Å²) in [5.74, 6) is 0.151. The van der Waals surface area contributed by atoms with Crippen molar-refractivity contribution >= 4 is 11.8 Å². The molecular weight excluding hydrogens is 366 g/mol. The van der Waals surface area contributed by atoms with Crippen molar-refractivity contribution in [2.75, 3.05) is 19.7 Å². The summed E-state index contributed by atoms with van der Waals surface area (Å²) in [5, 5.41) is 3.00. The molecule has 2 aromatic rings. The Kier molecular flexibility index (Phi) is 6.88. The normalized spacial score (nSPS) is 14.9. The standard InChI is InChI=1S/C23H29N3O3/c1-16(2)21(26-11-10-17-6-3-4-7-19(17)14-26)13-25-22(27)15-29-20-9-5-8-18(12-20)23(24)28/h3-9,12,16,21H,10-11,13-15H2,1-2H3,(H2,24,28)(H,25,27). The topological polar surface area (TPSA) is 84.7 Å². The Morgan fingerprint density at radius 3 is 2.62 bits per heavy atom. The minimum absolute atomic E-state index is 0.101. The van der Waals surface area contributed by atoms with E-state index >= 15 is 0 Å². The molecule has 3 rings (SSSR count). The second-order valence-electron chi connectivity index (χ2n) is 7.79. The number of benzene rings is 2. The SMILES string of the molecule is CC(C)C(CNC(=O)COc1cccc(C(N)=O)c1)N1CCc2ccccc2C1. The third kappa shape index (κ3) is 5.57. The van der Waals surface area contributed by atoms with E-state index in [0.29, 0.717) is 23.8 Å². The van der Waals surface area contributed by atoms with Gasteiger partial charge in [0.1, 0.15) is 5.75 Å². The lowest BCUT2D eigenvalue weighted by Crippen LogP contribution is -2.49. The van der Waals surface area contributed by atoms with Crippen LogP contribution in [0, 0.1) is 5.92 Å². The van der Waals surface area contributed by atoms with Crippen molar-refractivity contribution in [1.82, 2.24) is 10.2 Å². The summed E-state index contributed by atoms with van der Waals surface area (Å²) >= 11 is 0. The van der Waals surface area contributed by atoms with Gasteiger partial charge in [0.05, 0.1) is 0 Å². The molecule has 2 aromatic carbocycles. The summed E-state index contributed by atoms with van der Waals surface area (Å²) in [6.07, 6.45) is 1.03. The van der Waals surface area contributed by atoms with Crippen LogP contribution in [0.15, 0.2) is 48.5 Å². The lowest BCUT2D eigenvalue weighted by atomic mass is 9.95. The number of nitrogens with one attached hydrogen (secondary N) is 1. The molecule has 0 radical (unpaired) electrons. The molecule has 0 saturated heterocycles. The van der Waals surface area contributed by atoms with Crippen LogP contribution in [0.3, 0.4) is 0 Å². The Hall–Kier alpha value is -2.86. The molecule has 0 bridgehead atoms. The molecule has 29 heavy (non-hydrogen) atoms. The lowest BCUT2D eigenvalue weighted by molar-refractivity contribution is -0.123. The van der Waals surface area contributed by atoms with Crippen LogP contribution in [0.25, 0.3) is 0 Å². The fourth-order valence-electron chi connectivity index (χ4n) is 3.74. The van der Waals surface area contributed by atoms with Crippen molar-refractivity contribution in [2.24, 2.45) is 11.7 Å². The number of carbonyl (C=O) groups is 2. The van der Waals surface area contributed by atoms with Crippen molar-refractivity contribution in [3.63, 3.8) is 0 Å². The first-order chi connectivity index (χ1) is 13.9. The number of carbonyl (C=O) groups excluding carboxylic acids is 2. The first-order valence-electron chi connectivity index (χ1n) is 10.0. The summed E-state index contributed by atoms with van der Waals surface area (Å²) in [6, 6.07) is 15.3. The summed E-state index contributed by atoms with van der Waals surface area (Å²) < 4.78 is 5.51. The minimum atomic E-state index is -0.525. The Labute approximate surface area is 172 Å². The van der Waals surface area contributed by atoms with Gasteiger partial charge in [0, 0.05) is 31.2 Å². The predicted octanol–water partition coefficient (Wildman–Crippen LogP) is 2.36. The van der Waals surface area contributed by atoms with E-state index in [1.54, 1.807) is 18.2 Å². The van der Waals surface area contributed by atoms with Crippen LogP contribution >= 0.6 is 0 Å². The molecule has 0 aromatic heterocycles. The van der Waals surface area contributed by atoms with E-state index in [9.17, 15) is 9.59 Å². The largest absolute Gasteiger partial charge is 0.484 e. The molecule has 1 aliphatic rings. The van der Waals surface area contributed by atoms with Crippen LogP contribution < -0.4 is 15.8 Å². The van der Waals surface area contributed by atoms with Crippen LogP contribution in [0.4, 0.5) is 0 Å². The summed E-state index contributed by atoms with van der Waals surface area (Å²) in [5.41, 5.74) is 8.41. The van der Waals surface area contributed by atoms with Crippen molar-refractivity contribution < 1.29 is 14.3 Å². The Morgan fingerprint density at radius 1 is 1.14 bits per heavy atom.